The molecule has 158 valence electrons. The third-order valence-corrected chi connectivity index (χ3v) is 5.78. The summed E-state index contributed by atoms with van der Waals surface area (Å²) in [6.45, 7) is 24.3. The van der Waals surface area contributed by atoms with Crippen molar-refractivity contribution in [3.63, 3.8) is 0 Å². The van der Waals surface area contributed by atoms with E-state index in [1.54, 1.807) is 15.2 Å². The molecule has 1 N–H and O–H groups in total. The predicted molar refractivity (Wildman–Crippen MR) is 102 cm³/mol. The van der Waals surface area contributed by atoms with Gasteiger partial charge in [-0.3, -0.25) is 0 Å². The van der Waals surface area contributed by atoms with E-state index in [0.717, 1.165) is 0 Å². The summed E-state index contributed by atoms with van der Waals surface area (Å²) in [6, 6.07) is 0.486. The van der Waals surface area contributed by atoms with Crippen molar-refractivity contribution >= 4 is 0 Å². The molecule has 0 aliphatic heterocycles. The van der Waals surface area contributed by atoms with E-state index < -0.39 is 18.1 Å². The summed E-state index contributed by atoms with van der Waals surface area (Å²) >= 11 is -4.66. The van der Waals surface area contributed by atoms with Crippen LogP contribution in [0.2, 0.25) is 0 Å². The zero-order valence-corrected chi connectivity index (χ0v) is 20.5. The molecule has 0 aliphatic rings. The van der Waals surface area contributed by atoms with Crippen molar-refractivity contribution in [3.05, 3.63) is 0 Å². The molecule has 0 heterocycles. The topological polar surface area (TPSA) is 57.6 Å². The van der Waals surface area contributed by atoms with E-state index in [1.165, 1.54) is 0 Å². The molecular weight excluding hydrogens is 370 g/mol. The molecule has 0 amide bonds. The monoisotopic (exact) mass is 413 g/mol. The van der Waals surface area contributed by atoms with Gasteiger partial charge in [-0.15, -0.1) is 0 Å². The van der Waals surface area contributed by atoms with Gasteiger partial charge < -0.3 is 0 Å². The van der Waals surface area contributed by atoms with Crippen LogP contribution in [0.3, 0.4) is 0 Å². The molecule has 0 fully saturated rings. The van der Waals surface area contributed by atoms with E-state index in [4.69, 9.17) is 10.3 Å². The molecule has 0 radical (unpaired) electrons. The second-order valence-corrected chi connectivity index (χ2v) is 10.9. The number of hydrogen-bond donors (Lipinski definition) is 1. The molecule has 26 heavy (non-hydrogen) atoms. The molecule has 0 saturated carbocycles. The maximum atomic E-state index is 11.4. The van der Waals surface area contributed by atoms with Crippen LogP contribution in [-0.2, 0) is 28.4 Å². The van der Waals surface area contributed by atoms with Gasteiger partial charge in [0.2, 0.25) is 0 Å². The minimum atomic E-state index is -4.66. The van der Waals surface area contributed by atoms with E-state index in [2.05, 4.69) is 0 Å². The molecule has 0 unspecified atom stereocenters. The van der Waals surface area contributed by atoms with Crippen LogP contribution < -0.4 is 0 Å². The fourth-order valence-corrected chi connectivity index (χ4v) is 6.25. The van der Waals surface area contributed by atoms with Gasteiger partial charge in [0.15, 0.2) is 0 Å². The van der Waals surface area contributed by atoms with E-state index in [-0.39, 0.29) is 36.3 Å². The molecule has 0 saturated heterocycles. The molecule has 0 spiro atoms. The van der Waals surface area contributed by atoms with Gasteiger partial charge in [-0.2, -0.15) is 0 Å². The third kappa shape index (κ3) is 8.63. The fourth-order valence-electron chi connectivity index (χ4n) is 2.87. The number of nitrogens with zero attached hydrogens (tertiary/aromatic N) is 3. The van der Waals surface area contributed by atoms with E-state index in [0.29, 0.717) is 0 Å². The van der Waals surface area contributed by atoms with Crippen molar-refractivity contribution in [2.75, 3.05) is 0 Å². The normalized spacial score (nSPS) is 14.1. The molecule has 8 heteroatoms. The van der Waals surface area contributed by atoms with Gasteiger partial charge in [0.25, 0.3) is 0 Å². The average molecular weight is 413 g/mol. The molecule has 0 rings (SSSR count). The van der Waals surface area contributed by atoms with E-state index in [9.17, 15) is 3.69 Å². The first kappa shape index (κ1) is 26.4. The Morgan fingerprint density at radius 1 is 0.462 bits per heavy atom. The maximum absolute atomic E-state index is 11.4. The van der Waals surface area contributed by atoms with Crippen molar-refractivity contribution in [2.24, 2.45) is 0 Å². The van der Waals surface area contributed by atoms with Crippen LogP contribution in [0.1, 0.15) is 83.1 Å². The van der Waals surface area contributed by atoms with Crippen LogP contribution in [0, 0.1) is 0 Å². The molecule has 7 nitrogen and oxygen atoms in total. The average Bonchev–Trinajstić information content (AvgIpc) is 2.46. The quantitative estimate of drug-likeness (QED) is 0.384. The predicted octanol–water partition coefficient (Wildman–Crippen LogP) is 3.94. The summed E-state index contributed by atoms with van der Waals surface area (Å²) in [5.41, 5.74) is 0. The first-order chi connectivity index (χ1) is 11.7. The van der Waals surface area contributed by atoms with Crippen molar-refractivity contribution in [1.82, 2.24) is 15.2 Å². The SMILES string of the molecule is CC(C)N([O][Ti]([OH])([O]N(C(C)C)C(C)C)[O]N(C(C)C)C(C)C)C(C)C. The van der Waals surface area contributed by atoms with Gasteiger partial charge in [0.1, 0.15) is 0 Å². The Hall–Kier alpha value is 0.434. The summed E-state index contributed by atoms with van der Waals surface area (Å²) in [4.78, 5) is 0. The van der Waals surface area contributed by atoms with Crippen molar-refractivity contribution in [1.29, 1.82) is 0 Å². The molecule has 0 aliphatic carbocycles. The zero-order chi connectivity index (χ0) is 20.8. The molecule has 0 aromatic rings. The second kappa shape index (κ2) is 11.4. The van der Waals surface area contributed by atoms with Crippen LogP contribution >= 0.6 is 0 Å². The van der Waals surface area contributed by atoms with Crippen LogP contribution in [0.25, 0.3) is 0 Å². The van der Waals surface area contributed by atoms with Gasteiger partial charge >= 0.3 is 167 Å². The fraction of sp³-hybridized carbons (Fsp3) is 1.00. The van der Waals surface area contributed by atoms with Crippen molar-refractivity contribution in [3.8, 4) is 0 Å². The summed E-state index contributed by atoms with van der Waals surface area (Å²) < 4.78 is 29.6. The Labute approximate surface area is 166 Å². The van der Waals surface area contributed by atoms with Crippen molar-refractivity contribution in [2.45, 2.75) is 119 Å². The Morgan fingerprint density at radius 3 is 0.731 bits per heavy atom. The van der Waals surface area contributed by atoms with Crippen LogP contribution in [0.15, 0.2) is 0 Å². The Morgan fingerprint density at radius 2 is 0.615 bits per heavy atom. The van der Waals surface area contributed by atoms with Gasteiger partial charge in [-0.05, 0) is 0 Å². The van der Waals surface area contributed by atoms with Crippen LogP contribution in [0.5, 0.6) is 0 Å². The van der Waals surface area contributed by atoms with Gasteiger partial charge in [-0.25, -0.2) is 0 Å². The summed E-state index contributed by atoms with van der Waals surface area (Å²) in [7, 11) is 0. The van der Waals surface area contributed by atoms with Crippen LogP contribution in [-0.4, -0.2) is 55.1 Å². The minimum absolute atomic E-state index is 0.0810. The summed E-state index contributed by atoms with van der Waals surface area (Å²) in [5, 5.41) is 5.28. The molecule has 0 aromatic carbocycles. The van der Waals surface area contributed by atoms with E-state index in [1.807, 2.05) is 83.1 Å². The van der Waals surface area contributed by atoms with E-state index >= 15 is 0 Å². The van der Waals surface area contributed by atoms with Gasteiger partial charge in [0.05, 0.1) is 0 Å². The number of hydrogen-bond acceptors (Lipinski definition) is 7. The van der Waals surface area contributed by atoms with Crippen molar-refractivity contribution < 1.29 is 32.1 Å². The second-order valence-electron chi connectivity index (χ2n) is 8.44. The molecule has 0 bridgehead atoms. The molecule has 0 aromatic heterocycles. The Balaban J connectivity index is 5.74. The number of hydroxylamine groups is 6. The standard InChI is InChI=1S/3C6H14NO.H2O.Ti/c3*1-5(2)7(8)6(3)4;;/h3*5-6H,1-4H3;1H2;/q3*-1;;+4/p-1. The van der Waals surface area contributed by atoms with Gasteiger partial charge in [0, 0.05) is 0 Å². The van der Waals surface area contributed by atoms with Gasteiger partial charge in [-0.1, -0.05) is 0 Å². The summed E-state index contributed by atoms with van der Waals surface area (Å²) in [6.07, 6.45) is 0. The Bertz CT molecular complexity index is 314. The first-order valence-electron chi connectivity index (χ1n) is 9.86. The summed E-state index contributed by atoms with van der Waals surface area (Å²) in [5.74, 6) is 0. The molecule has 0 atom stereocenters. The third-order valence-electron chi connectivity index (χ3n) is 3.72. The number of rotatable bonds is 12. The molecular formula is C18H43N3O4Ti. The zero-order valence-electron chi connectivity index (χ0n) is 19.0. The van der Waals surface area contributed by atoms with Crippen LogP contribution in [0.4, 0.5) is 0 Å². The Kier molecular flexibility index (Phi) is 11.6. The first-order valence-corrected chi connectivity index (χ1v) is 12.5.